The van der Waals surface area contributed by atoms with Crippen molar-refractivity contribution in [2.75, 3.05) is 5.73 Å². The van der Waals surface area contributed by atoms with Gasteiger partial charge in [0, 0.05) is 11.8 Å². The molecule has 126 valence electrons. The summed E-state index contributed by atoms with van der Waals surface area (Å²) in [6.07, 6.45) is 5.92. The van der Waals surface area contributed by atoms with Gasteiger partial charge >= 0.3 is 0 Å². The zero-order valence-electron chi connectivity index (χ0n) is 14.1. The van der Waals surface area contributed by atoms with Crippen LogP contribution in [-0.4, -0.2) is 25.2 Å². The highest BCUT2D eigenvalue weighted by Gasteiger charge is 2.31. The summed E-state index contributed by atoms with van der Waals surface area (Å²) in [5, 5.41) is 12.1. The van der Waals surface area contributed by atoms with Crippen molar-refractivity contribution in [2.45, 2.75) is 57.6 Å². The monoisotopic (exact) mass is 324 g/mol. The quantitative estimate of drug-likeness (QED) is 0.774. The maximum absolute atomic E-state index is 11.1. The fourth-order valence-electron chi connectivity index (χ4n) is 4.01. The normalized spacial score (nSPS) is 17.6. The Morgan fingerprint density at radius 2 is 1.92 bits per heavy atom. The summed E-state index contributed by atoms with van der Waals surface area (Å²) in [5.41, 5.74) is 8.17. The first-order valence-electron chi connectivity index (χ1n) is 8.87. The molecular formula is C19H24N4O. The lowest BCUT2D eigenvalue weighted by Gasteiger charge is -2.33. The van der Waals surface area contributed by atoms with E-state index in [-0.39, 0.29) is 0 Å². The molecule has 5 heteroatoms. The first-order chi connectivity index (χ1) is 11.6. The number of imidazole rings is 1. The highest BCUT2D eigenvalue weighted by Crippen LogP contribution is 2.34. The molecule has 2 heterocycles. The second-order valence-corrected chi connectivity index (χ2v) is 6.96. The van der Waals surface area contributed by atoms with Crippen molar-refractivity contribution in [3.05, 3.63) is 30.1 Å². The van der Waals surface area contributed by atoms with Gasteiger partial charge < -0.3 is 15.4 Å². The predicted molar refractivity (Wildman–Crippen MR) is 96.9 cm³/mol. The van der Waals surface area contributed by atoms with Gasteiger partial charge in [-0.3, -0.25) is 0 Å². The Kier molecular flexibility index (Phi) is 3.68. The van der Waals surface area contributed by atoms with Crippen LogP contribution in [0.5, 0.6) is 0 Å². The first-order valence-corrected chi connectivity index (χ1v) is 8.87. The second-order valence-electron chi connectivity index (χ2n) is 6.96. The van der Waals surface area contributed by atoms with E-state index < -0.39 is 5.60 Å². The fourth-order valence-corrected chi connectivity index (χ4v) is 4.01. The van der Waals surface area contributed by atoms with E-state index in [1.165, 1.54) is 6.42 Å². The Morgan fingerprint density at radius 1 is 1.17 bits per heavy atom. The van der Waals surface area contributed by atoms with Crippen molar-refractivity contribution in [3.8, 4) is 0 Å². The summed E-state index contributed by atoms with van der Waals surface area (Å²) < 4.78 is 2.18. The summed E-state index contributed by atoms with van der Waals surface area (Å²) in [5.74, 6) is 1.43. The molecule has 0 spiro atoms. The van der Waals surface area contributed by atoms with Crippen LogP contribution < -0.4 is 5.73 Å². The van der Waals surface area contributed by atoms with Crippen molar-refractivity contribution in [1.29, 1.82) is 0 Å². The highest BCUT2D eigenvalue weighted by atomic mass is 16.3. The van der Waals surface area contributed by atoms with Gasteiger partial charge in [0.15, 0.2) is 5.82 Å². The van der Waals surface area contributed by atoms with Crippen LogP contribution in [0.3, 0.4) is 0 Å². The Morgan fingerprint density at radius 3 is 2.67 bits per heavy atom. The number of pyridine rings is 1. The molecule has 1 aliphatic carbocycles. The third-order valence-electron chi connectivity index (χ3n) is 5.24. The van der Waals surface area contributed by atoms with Gasteiger partial charge in [0.2, 0.25) is 0 Å². The van der Waals surface area contributed by atoms with Crippen molar-refractivity contribution < 1.29 is 5.11 Å². The van der Waals surface area contributed by atoms with Gasteiger partial charge in [-0.05, 0) is 18.9 Å². The van der Waals surface area contributed by atoms with Crippen molar-refractivity contribution in [2.24, 2.45) is 0 Å². The highest BCUT2D eigenvalue weighted by molar-refractivity contribution is 6.06. The molecule has 24 heavy (non-hydrogen) atoms. The van der Waals surface area contributed by atoms with Crippen LogP contribution in [0.25, 0.3) is 21.9 Å². The van der Waals surface area contributed by atoms with Crippen molar-refractivity contribution in [1.82, 2.24) is 14.5 Å². The van der Waals surface area contributed by atoms with E-state index >= 15 is 0 Å². The molecule has 1 aromatic carbocycles. The van der Waals surface area contributed by atoms with E-state index in [9.17, 15) is 5.11 Å². The number of hydrogen-bond acceptors (Lipinski definition) is 4. The van der Waals surface area contributed by atoms with Gasteiger partial charge in [0.25, 0.3) is 0 Å². The lowest BCUT2D eigenvalue weighted by atomic mass is 9.84. The molecule has 1 fully saturated rings. The molecule has 0 amide bonds. The van der Waals surface area contributed by atoms with Crippen LogP contribution in [0.4, 0.5) is 5.82 Å². The van der Waals surface area contributed by atoms with Gasteiger partial charge in [-0.25, -0.2) is 9.97 Å². The van der Waals surface area contributed by atoms with E-state index in [1.807, 2.05) is 18.2 Å². The first kappa shape index (κ1) is 15.4. The summed E-state index contributed by atoms with van der Waals surface area (Å²) >= 11 is 0. The number of nitrogen functional groups attached to an aromatic ring is 1. The Hall–Kier alpha value is -2.14. The summed E-state index contributed by atoms with van der Waals surface area (Å²) in [4.78, 5) is 9.24. The number of para-hydroxylation sites is 1. The van der Waals surface area contributed by atoms with Gasteiger partial charge in [-0.2, -0.15) is 0 Å². The molecule has 0 bridgehead atoms. The number of nitrogens with two attached hydrogens (primary N) is 1. The summed E-state index contributed by atoms with van der Waals surface area (Å²) in [7, 11) is 0. The number of nitrogens with zero attached hydrogens (tertiary/aromatic N) is 3. The number of aliphatic hydroxyl groups is 1. The average molecular weight is 324 g/mol. The topological polar surface area (TPSA) is 77.0 Å². The molecule has 3 aromatic rings. The smallest absolute Gasteiger partial charge is 0.152 e. The molecule has 0 atom stereocenters. The zero-order chi connectivity index (χ0) is 16.7. The van der Waals surface area contributed by atoms with E-state index in [0.29, 0.717) is 12.4 Å². The van der Waals surface area contributed by atoms with Crippen LogP contribution >= 0.6 is 0 Å². The molecule has 4 rings (SSSR count). The predicted octanol–water partition coefficient (Wildman–Crippen LogP) is 3.42. The maximum Gasteiger partial charge on any atom is 0.152 e. The minimum atomic E-state index is -0.644. The van der Waals surface area contributed by atoms with Crippen molar-refractivity contribution in [3.63, 3.8) is 0 Å². The fraction of sp³-hybridized carbons (Fsp3) is 0.474. The van der Waals surface area contributed by atoms with Crippen LogP contribution in [0, 0.1) is 0 Å². The molecule has 0 unspecified atom stereocenters. The lowest BCUT2D eigenvalue weighted by Crippen LogP contribution is -2.36. The third kappa shape index (κ3) is 2.44. The molecule has 1 aliphatic rings. The van der Waals surface area contributed by atoms with Crippen LogP contribution in [-0.2, 0) is 13.0 Å². The van der Waals surface area contributed by atoms with Crippen LogP contribution in [0.2, 0.25) is 0 Å². The number of anilines is 1. The van der Waals surface area contributed by atoms with Gasteiger partial charge in [-0.15, -0.1) is 0 Å². The molecule has 0 saturated heterocycles. The number of hydrogen-bond donors (Lipinski definition) is 2. The second kappa shape index (κ2) is 5.74. The minimum Gasteiger partial charge on any atom is -0.388 e. The van der Waals surface area contributed by atoms with Gasteiger partial charge in [-0.1, -0.05) is 44.4 Å². The number of fused-ring (bicyclic) bond motifs is 3. The van der Waals surface area contributed by atoms with Crippen LogP contribution in [0.15, 0.2) is 24.3 Å². The minimum absolute atomic E-state index is 0.466. The Bertz CT molecular complexity index is 893. The Balaban J connectivity index is 1.95. The molecule has 2 aromatic heterocycles. The molecule has 0 radical (unpaired) electrons. The van der Waals surface area contributed by atoms with E-state index in [1.54, 1.807) is 0 Å². The number of rotatable bonds is 3. The largest absolute Gasteiger partial charge is 0.388 e. The van der Waals surface area contributed by atoms with Crippen LogP contribution in [0.1, 0.15) is 44.9 Å². The molecule has 3 N–H and O–H groups in total. The number of aryl methyl sites for hydroxylation is 1. The van der Waals surface area contributed by atoms with E-state index in [4.69, 9.17) is 10.7 Å². The molecular weight excluding hydrogens is 300 g/mol. The van der Waals surface area contributed by atoms with E-state index in [0.717, 1.165) is 59.9 Å². The average Bonchev–Trinajstić information content (AvgIpc) is 2.94. The third-order valence-corrected chi connectivity index (χ3v) is 5.24. The lowest BCUT2D eigenvalue weighted by molar-refractivity contribution is -0.0111. The van der Waals surface area contributed by atoms with Gasteiger partial charge in [0.05, 0.1) is 23.2 Å². The molecule has 1 saturated carbocycles. The summed E-state index contributed by atoms with van der Waals surface area (Å²) in [6.45, 7) is 2.68. The standard InChI is InChI=1S/C19H24N4O/c1-2-15-22-16-17(13-8-4-5-9-14(13)21-18(16)20)23(15)12-19(24)10-6-3-7-11-19/h4-5,8-9,24H,2-3,6-7,10-12H2,1H3,(H2,20,21). The SMILES string of the molecule is CCc1nc2c(N)nc3ccccc3c2n1CC1(O)CCCCC1. The summed E-state index contributed by atoms with van der Waals surface area (Å²) in [6, 6.07) is 8.02. The molecule has 5 nitrogen and oxygen atoms in total. The number of aromatic nitrogens is 3. The van der Waals surface area contributed by atoms with Gasteiger partial charge in [0.1, 0.15) is 11.3 Å². The molecule has 0 aliphatic heterocycles. The van der Waals surface area contributed by atoms with Crippen molar-refractivity contribution >= 4 is 27.8 Å². The number of benzene rings is 1. The zero-order valence-corrected chi connectivity index (χ0v) is 14.1. The Labute approximate surface area is 141 Å². The maximum atomic E-state index is 11.1. The van der Waals surface area contributed by atoms with E-state index in [2.05, 4.69) is 22.5 Å².